The van der Waals surface area contributed by atoms with Crippen molar-refractivity contribution >= 4 is 29.5 Å². The van der Waals surface area contributed by atoms with E-state index in [1.165, 1.54) is 64.7 Å². The van der Waals surface area contributed by atoms with Crippen LogP contribution in [0.5, 0.6) is 5.75 Å². The average Bonchev–Trinajstić information content (AvgIpc) is 3.02. The van der Waals surface area contributed by atoms with Gasteiger partial charge in [0, 0.05) is 12.8 Å². The van der Waals surface area contributed by atoms with E-state index in [1.807, 2.05) is 11.8 Å². The van der Waals surface area contributed by atoms with Crippen molar-refractivity contribution in [3.05, 3.63) is 42.0 Å². The number of hydrogen-bond acceptors (Lipinski definition) is 7. The van der Waals surface area contributed by atoms with Crippen LogP contribution in [0.4, 0.5) is 8.78 Å². The minimum atomic E-state index is -3.12. The summed E-state index contributed by atoms with van der Waals surface area (Å²) in [5.74, 6) is -2.00. The molecule has 0 heterocycles. The fourth-order valence-corrected chi connectivity index (χ4v) is 6.16. The molecule has 3 atom stereocenters. The lowest BCUT2D eigenvalue weighted by Gasteiger charge is -2.34. The number of carbonyl (C=O) groups is 3. The van der Waals surface area contributed by atoms with Crippen molar-refractivity contribution in [3.63, 3.8) is 0 Å². The van der Waals surface area contributed by atoms with Crippen molar-refractivity contribution in [3.8, 4) is 5.75 Å². The quantitative estimate of drug-likeness (QED) is 0.0480. The standard InChI is InChI=1S/C38H62F2N2O6S/c1-6-8-10-14-17-25-49-26-18-15-12-11-13-16-19-31(38(46,28-33(39)40)36(45)48-37(3,4)5)35(44)42-32(34(41)43)27-29-20-22-30(23-21-29)47-24-9-7-2/h16,19-23,31-33,46H,6-15,17-18,24-28H2,1-5H3,(H2,41,43)(H,42,44)/t31-,32+,38+/m1/s1. The molecule has 0 aliphatic carbocycles. The van der Waals surface area contributed by atoms with E-state index in [2.05, 4.69) is 19.2 Å². The Morgan fingerprint density at radius 3 is 2.06 bits per heavy atom. The third-order valence-corrected chi connectivity index (χ3v) is 9.09. The number of hydrogen-bond donors (Lipinski definition) is 3. The second-order valence-electron chi connectivity index (χ2n) is 13.7. The number of alkyl halides is 2. The van der Waals surface area contributed by atoms with Crippen molar-refractivity contribution in [2.75, 3.05) is 18.1 Å². The van der Waals surface area contributed by atoms with Gasteiger partial charge in [-0.2, -0.15) is 11.8 Å². The van der Waals surface area contributed by atoms with E-state index in [0.29, 0.717) is 24.3 Å². The first-order valence-electron chi connectivity index (χ1n) is 18.0. The Labute approximate surface area is 297 Å². The summed E-state index contributed by atoms with van der Waals surface area (Å²) in [7, 11) is 0. The predicted octanol–water partition coefficient (Wildman–Crippen LogP) is 7.93. The summed E-state index contributed by atoms with van der Waals surface area (Å²) in [6.45, 7) is 9.45. The summed E-state index contributed by atoms with van der Waals surface area (Å²) in [4.78, 5) is 39.4. The highest BCUT2D eigenvalue weighted by Crippen LogP contribution is 2.31. The maximum atomic E-state index is 13.9. The molecule has 8 nitrogen and oxygen atoms in total. The minimum Gasteiger partial charge on any atom is -0.494 e. The highest BCUT2D eigenvalue weighted by atomic mass is 32.2. The molecular formula is C38H62F2N2O6S. The number of esters is 1. The van der Waals surface area contributed by atoms with Crippen LogP contribution in [0.3, 0.4) is 0 Å². The summed E-state index contributed by atoms with van der Waals surface area (Å²) >= 11 is 1.98. The maximum Gasteiger partial charge on any atom is 0.340 e. The number of allylic oxidation sites excluding steroid dienone is 1. The van der Waals surface area contributed by atoms with Crippen LogP contribution in [-0.2, 0) is 25.5 Å². The van der Waals surface area contributed by atoms with Gasteiger partial charge in [0.15, 0.2) is 5.60 Å². The molecule has 2 amide bonds. The Balaban J connectivity index is 2.99. The number of rotatable bonds is 27. The molecule has 0 saturated carbocycles. The number of halogens is 2. The smallest absolute Gasteiger partial charge is 0.340 e. The van der Waals surface area contributed by atoms with Crippen molar-refractivity contribution in [2.24, 2.45) is 11.7 Å². The van der Waals surface area contributed by atoms with Crippen LogP contribution in [0.2, 0.25) is 0 Å². The first-order chi connectivity index (χ1) is 23.2. The summed E-state index contributed by atoms with van der Waals surface area (Å²) in [6, 6.07) is 5.73. The molecule has 49 heavy (non-hydrogen) atoms. The molecule has 1 aromatic carbocycles. The average molecular weight is 713 g/mol. The van der Waals surface area contributed by atoms with Crippen molar-refractivity contribution in [1.82, 2.24) is 5.32 Å². The maximum absolute atomic E-state index is 13.9. The Hall–Kier alpha value is -2.66. The number of nitrogens with two attached hydrogens (primary N) is 1. The van der Waals surface area contributed by atoms with E-state index in [1.54, 1.807) is 30.3 Å². The molecule has 0 radical (unpaired) electrons. The van der Waals surface area contributed by atoms with Gasteiger partial charge in [-0.05, 0) is 82.1 Å². The van der Waals surface area contributed by atoms with E-state index in [4.69, 9.17) is 15.2 Å². The van der Waals surface area contributed by atoms with E-state index < -0.39 is 53.8 Å². The molecule has 0 bridgehead atoms. The Morgan fingerprint density at radius 1 is 0.918 bits per heavy atom. The van der Waals surface area contributed by atoms with Crippen LogP contribution < -0.4 is 15.8 Å². The van der Waals surface area contributed by atoms with Crippen molar-refractivity contribution < 1.29 is 37.7 Å². The Bertz CT molecular complexity index is 1110. The van der Waals surface area contributed by atoms with Gasteiger partial charge in [-0.15, -0.1) is 0 Å². The van der Waals surface area contributed by atoms with E-state index >= 15 is 0 Å². The number of ether oxygens (including phenoxy) is 2. The summed E-state index contributed by atoms with van der Waals surface area (Å²) in [5, 5.41) is 14.0. The van der Waals surface area contributed by atoms with Gasteiger partial charge in [0.25, 0.3) is 0 Å². The zero-order chi connectivity index (χ0) is 36.7. The largest absolute Gasteiger partial charge is 0.494 e. The lowest BCUT2D eigenvalue weighted by atomic mass is 9.82. The third kappa shape index (κ3) is 19.4. The SMILES string of the molecule is CCCCCCCSCCCCCCC=C[C@H](C(=O)N[C@@H](Cc1ccc(OCCCC)cc1)C(N)=O)[C@@](O)(CC(F)F)C(=O)OC(C)(C)C. The van der Waals surface area contributed by atoms with Gasteiger partial charge >= 0.3 is 5.97 Å². The molecule has 0 aliphatic rings. The number of amides is 2. The number of aliphatic hydroxyl groups is 1. The van der Waals surface area contributed by atoms with Gasteiger partial charge in [0.2, 0.25) is 18.2 Å². The first-order valence-corrected chi connectivity index (χ1v) is 19.2. The molecule has 0 spiro atoms. The fraction of sp³-hybridized carbons (Fsp3) is 0.711. The number of primary amides is 1. The monoisotopic (exact) mass is 712 g/mol. The highest BCUT2D eigenvalue weighted by Gasteiger charge is 2.51. The van der Waals surface area contributed by atoms with E-state index in [0.717, 1.165) is 44.3 Å². The van der Waals surface area contributed by atoms with Gasteiger partial charge < -0.3 is 25.6 Å². The van der Waals surface area contributed by atoms with Crippen molar-refractivity contribution in [2.45, 2.75) is 148 Å². The molecule has 0 aromatic heterocycles. The van der Waals surface area contributed by atoms with E-state index in [-0.39, 0.29) is 6.42 Å². The number of thioether (sulfide) groups is 1. The zero-order valence-corrected chi connectivity index (χ0v) is 31.3. The second-order valence-corrected chi connectivity index (χ2v) is 14.9. The van der Waals surface area contributed by atoms with Gasteiger partial charge in [0.05, 0.1) is 12.5 Å². The predicted molar refractivity (Wildman–Crippen MR) is 195 cm³/mol. The number of nitrogens with one attached hydrogen (secondary N) is 1. The molecule has 11 heteroatoms. The topological polar surface area (TPSA) is 128 Å². The Morgan fingerprint density at radius 2 is 1.51 bits per heavy atom. The summed E-state index contributed by atoms with van der Waals surface area (Å²) in [6.07, 6.45) is 11.1. The summed E-state index contributed by atoms with van der Waals surface area (Å²) < 4.78 is 38.7. The lowest BCUT2D eigenvalue weighted by Crippen LogP contribution is -2.57. The third-order valence-electron chi connectivity index (χ3n) is 7.93. The lowest BCUT2D eigenvalue weighted by molar-refractivity contribution is -0.188. The Kier molecular flexibility index (Phi) is 22.2. The second kappa shape index (κ2) is 24.5. The number of carbonyl (C=O) groups excluding carboxylic acids is 3. The highest BCUT2D eigenvalue weighted by molar-refractivity contribution is 7.99. The van der Waals surface area contributed by atoms with Gasteiger partial charge in [-0.25, -0.2) is 13.6 Å². The fourth-order valence-electron chi connectivity index (χ4n) is 5.14. The zero-order valence-electron chi connectivity index (χ0n) is 30.4. The molecule has 0 fully saturated rings. The molecule has 280 valence electrons. The van der Waals surface area contributed by atoms with E-state index in [9.17, 15) is 28.3 Å². The summed E-state index contributed by atoms with van der Waals surface area (Å²) in [5.41, 5.74) is 2.29. The van der Waals surface area contributed by atoms with Gasteiger partial charge in [0.1, 0.15) is 17.4 Å². The molecule has 4 N–H and O–H groups in total. The molecule has 0 unspecified atom stereocenters. The first kappa shape index (κ1) is 44.4. The van der Waals surface area contributed by atoms with Crippen LogP contribution in [0, 0.1) is 5.92 Å². The minimum absolute atomic E-state index is 0.00358. The molecule has 1 aromatic rings. The normalized spacial score (nSPS) is 14.4. The molecule has 1 rings (SSSR count). The van der Waals surface area contributed by atoms with Crippen LogP contribution in [0.25, 0.3) is 0 Å². The van der Waals surface area contributed by atoms with Crippen LogP contribution in [-0.4, -0.2) is 64.7 Å². The molecule has 0 saturated heterocycles. The molecule has 0 aliphatic heterocycles. The van der Waals surface area contributed by atoms with Gasteiger partial charge in [-0.3, -0.25) is 9.59 Å². The number of unbranched alkanes of at least 4 members (excludes halogenated alkanes) is 9. The van der Waals surface area contributed by atoms with Crippen LogP contribution in [0.15, 0.2) is 36.4 Å². The van der Waals surface area contributed by atoms with Gasteiger partial charge in [-0.1, -0.05) is 83.1 Å². The number of benzene rings is 1. The van der Waals surface area contributed by atoms with Crippen molar-refractivity contribution in [1.29, 1.82) is 0 Å². The van der Waals surface area contributed by atoms with Crippen LogP contribution in [0.1, 0.15) is 124 Å². The van der Waals surface area contributed by atoms with Crippen LogP contribution >= 0.6 is 11.8 Å². The molecular weight excluding hydrogens is 650 g/mol.